The molecule has 1 fully saturated rings. The van der Waals surface area contributed by atoms with Gasteiger partial charge in [0.05, 0.1) is 11.3 Å². The van der Waals surface area contributed by atoms with Gasteiger partial charge < -0.3 is 4.90 Å². The van der Waals surface area contributed by atoms with Crippen molar-refractivity contribution in [2.75, 3.05) is 18.0 Å². The molecule has 1 aliphatic rings. The van der Waals surface area contributed by atoms with Crippen molar-refractivity contribution in [3.8, 4) is 6.07 Å². The Balaban J connectivity index is 1.88. The number of nitrogens with one attached hydrogen (secondary N) is 2. The number of aryl methyl sites for hydroxylation is 1. The Bertz CT molecular complexity index is 740. The second kappa shape index (κ2) is 5.40. The topological polar surface area (TPSA) is 101 Å². The van der Waals surface area contributed by atoms with Gasteiger partial charge in [0, 0.05) is 30.9 Å². The number of hydrogen-bond acceptors (Lipinski definition) is 5. The van der Waals surface area contributed by atoms with Gasteiger partial charge in [-0.05, 0) is 25.8 Å². The summed E-state index contributed by atoms with van der Waals surface area (Å²) in [5.74, 6) is 0.853. The maximum atomic E-state index is 11.2. The number of anilines is 1. The van der Waals surface area contributed by atoms with E-state index in [1.807, 2.05) is 13.0 Å². The smallest absolute Gasteiger partial charge is 0.340 e. The van der Waals surface area contributed by atoms with Crippen molar-refractivity contribution in [2.45, 2.75) is 25.7 Å². The summed E-state index contributed by atoms with van der Waals surface area (Å²) in [5.41, 5.74) is 2.10. The van der Waals surface area contributed by atoms with Crippen molar-refractivity contribution < 1.29 is 0 Å². The second-order valence-electron chi connectivity index (χ2n) is 5.30. The molecule has 0 spiro atoms. The van der Waals surface area contributed by atoms with E-state index in [2.05, 4.69) is 31.1 Å². The van der Waals surface area contributed by atoms with Crippen LogP contribution in [0.5, 0.6) is 0 Å². The molecular weight excluding hydrogens is 268 g/mol. The highest BCUT2D eigenvalue weighted by Crippen LogP contribution is 2.29. The first-order valence-corrected chi connectivity index (χ1v) is 6.93. The quantitative estimate of drug-likeness (QED) is 0.858. The predicted molar refractivity (Wildman–Crippen MR) is 77.1 cm³/mol. The van der Waals surface area contributed by atoms with Gasteiger partial charge in [-0.3, -0.25) is 9.97 Å². The largest absolute Gasteiger partial charge is 0.370 e. The zero-order valence-electron chi connectivity index (χ0n) is 11.8. The number of aromatic nitrogens is 4. The number of nitriles is 1. The lowest BCUT2D eigenvalue weighted by Crippen LogP contribution is -2.35. The van der Waals surface area contributed by atoms with Crippen LogP contribution in [0.25, 0.3) is 0 Å². The minimum absolute atomic E-state index is 0.165. The lowest BCUT2D eigenvalue weighted by Gasteiger charge is -2.33. The summed E-state index contributed by atoms with van der Waals surface area (Å²) in [4.78, 5) is 20.3. The third-order valence-electron chi connectivity index (χ3n) is 3.81. The van der Waals surface area contributed by atoms with E-state index in [-0.39, 0.29) is 11.6 Å². The summed E-state index contributed by atoms with van der Waals surface area (Å²) in [6, 6.07) is 4.13. The molecule has 21 heavy (non-hydrogen) atoms. The zero-order valence-corrected chi connectivity index (χ0v) is 11.8. The van der Waals surface area contributed by atoms with E-state index in [1.54, 1.807) is 6.20 Å². The number of hydrogen-bond donors (Lipinski definition) is 2. The molecule has 0 radical (unpaired) electrons. The molecule has 1 aliphatic heterocycles. The molecule has 2 aromatic heterocycles. The number of rotatable bonds is 2. The zero-order chi connectivity index (χ0) is 14.8. The maximum Gasteiger partial charge on any atom is 0.340 e. The monoisotopic (exact) mass is 284 g/mol. The Hall–Kier alpha value is -2.62. The number of pyridine rings is 1. The van der Waals surface area contributed by atoms with Crippen LogP contribution in [0.3, 0.4) is 0 Å². The Morgan fingerprint density at radius 1 is 1.52 bits per heavy atom. The van der Waals surface area contributed by atoms with Gasteiger partial charge in [0.15, 0.2) is 0 Å². The summed E-state index contributed by atoms with van der Waals surface area (Å²) >= 11 is 0. The lowest BCUT2D eigenvalue weighted by atomic mass is 9.96. The molecule has 2 aromatic rings. The Morgan fingerprint density at radius 2 is 2.38 bits per heavy atom. The van der Waals surface area contributed by atoms with E-state index >= 15 is 0 Å². The average molecular weight is 284 g/mol. The highest BCUT2D eigenvalue weighted by atomic mass is 16.1. The second-order valence-corrected chi connectivity index (χ2v) is 5.30. The third kappa shape index (κ3) is 2.65. The van der Waals surface area contributed by atoms with Crippen molar-refractivity contribution in [3.05, 3.63) is 39.8 Å². The number of aromatic amines is 2. The van der Waals surface area contributed by atoms with Crippen LogP contribution < -0.4 is 10.6 Å². The van der Waals surface area contributed by atoms with Crippen molar-refractivity contribution in [1.29, 1.82) is 5.26 Å². The first-order chi connectivity index (χ1) is 10.2. The Kier molecular flexibility index (Phi) is 3.44. The maximum absolute atomic E-state index is 11.2. The van der Waals surface area contributed by atoms with Gasteiger partial charge in [0.25, 0.3) is 0 Å². The van der Waals surface area contributed by atoms with Crippen LogP contribution in [0, 0.1) is 18.3 Å². The van der Waals surface area contributed by atoms with Gasteiger partial charge in [-0.15, -0.1) is 0 Å². The fourth-order valence-corrected chi connectivity index (χ4v) is 2.79. The molecule has 0 aromatic carbocycles. The molecule has 0 unspecified atom stereocenters. The van der Waals surface area contributed by atoms with Gasteiger partial charge in [0.2, 0.25) is 0 Å². The predicted octanol–water partition coefficient (Wildman–Crippen LogP) is 1.06. The summed E-state index contributed by atoms with van der Waals surface area (Å²) in [7, 11) is 0. The lowest BCUT2D eigenvalue weighted by molar-refractivity contribution is 0.492. The molecule has 2 N–H and O–H groups in total. The van der Waals surface area contributed by atoms with E-state index < -0.39 is 0 Å². The fraction of sp³-hybridized carbons (Fsp3) is 0.429. The highest BCUT2D eigenvalue weighted by Gasteiger charge is 2.25. The molecular formula is C14H16N6O. The Labute approximate surface area is 121 Å². The Morgan fingerprint density at radius 3 is 3.10 bits per heavy atom. The molecule has 0 aliphatic carbocycles. The van der Waals surface area contributed by atoms with Gasteiger partial charge in [0.1, 0.15) is 11.9 Å². The molecule has 0 amide bonds. The van der Waals surface area contributed by atoms with Gasteiger partial charge >= 0.3 is 5.69 Å². The van der Waals surface area contributed by atoms with Crippen molar-refractivity contribution in [3.63, 3.8) is 0 Å². The summed E-state index contributed by atoms with van der Waals surface area (Å²) in [6.07, 6.45) is 3.58. The molecule has 3 heterocycles. The average Bonchev–Trinajstić information content (AvgIpc) is 2.94. The van der Waals surface area contributed by atoms with Crippen LogP contribution in [-0.2, 0) is 0 Å². The summed E-state index contributed by atoms with van der Waals surface area (Å²) in [5, 5.41) is 15.7. The van der Waals surface area contributed by atoms with Gasteiger partial charge in [-0.1, -0.05) is 0 Å². The number of H-pyrrole nitrogens is 2. The van der Waals surface area contributed by atoms with E-state index in [9.17, 15) is 10.1 Å². The minimum Gasteiger partial charge on any atom is -0.370 e. The number of piperidine rings is 1. The van der Waals surface area contributed by atoms with Crippen LogP contribution in [0.1, 0.15) is 35.8 Å². The molecule has 7 heteroatoms. The van der Waals surface area contributed by atoms with Crippen LogP contribution in [0.15, 0.2) is 17.1 Å². The van der Waals surface area contributed by atoms with Crippen molar-refractivity contribution in [1.82, 2.24) is 20.2 Å². The molecule has 7 nitrogen and oxygen atoms in total. The molecule has 1 atom stereocenters. The van der Waals surface area contributed by atoms with E-state index in [1.165, 1.54) is 0 Å². The number of nitrogens with zero attached hydrogens (tertiary/aromatic N) is 4. The fourth-order valence-electron chi connectivity index (χ4n) is 2.79. The minimum atomic E-state index is -0.278. The first-order valence-electron chi connectivity index (χ1n) is 6.93. The van der Waals surface area contributed by atoms with Crippen molar-refractivity contribution >= 4 is 5.69 Å². The molecule has 3 rings (SSSR count). The normalized spacial score (nSPS) is 18.5. The molecule has 0 saturated carbocycles. The van der Waals surface area contributed by atoms with Gasteiger partial charge in [-0.25, -0.2) is 9.89 Å². The SMILES string of the molecule is Cc1cc(N2CCC[C@H](c3n[nH]c(=O)[nH]3)C2)c(C#N)cn1. The van der Waals surface area contributed by atoms with Gasteiger partial charge in [-0.2, -0.15) is 10.4 Å². The van der Waals surface area contributed by atoms with E-state index in [0.29, 0.717) is 11.4 Å². The van der Waals surface area contributed by atoms with E-state index in [0.717, 1.165) is 37.3 Å². The van der Waals surface area contributed by atoms with Crippen LogP contribution >= 0.6 is 0 Å². The van der Waals surface area contributed by atoms with Crippen LogP contribution in [0.4, 0.5) is 5.69 Å². The molecule has 0 bridgehead atoms. The summed E-state index contributed by atoms with van der Waals surface area (Å²) < 4.78 is 0. The standard InChI is InChI=1S/C14H16N6O/c1-9-5-12(11(6-15)7-16-9)20-4-2-3-10(8-20)13-17-14(21)19-18-13/h5,7,10H,2-4,8H2,1H3,(H2,17,18,19,21)/t10-/m0/s1. The molecule has 1 saturated heterocycles. The first kappa shape index (κ1) is 13.4. The van der Waals surface area contributed by atoms with Crippen LogP contribution in [0.2, 0.25) is 0 Å². The summed E-state index contributed by atoms with van der Waals surface area (Å²) in [6.45, 7) is 3.54. The molecule has 108 valence electrons. The van der Waals surface area contributed by atoms with E-state index in [4.69, 9.17) is 0 Å². The van der Waals surface area contributed by atoms with Crippen LogP contribution in [-0.4, -0.2) is 33.3 Å². The highest BCUT2D eigenvalue weighted by molar-refractivity contribution is 5.59. The third-order valence-corrected chi connectivity index (χ3v) is 3.81. The van der Waals surface area contributed by atoms with Crippen molar-refractivity contribution in [2.24, 2.45) is 0 Å².